The van der Waals surface area contributed by atoms with Gasteiger partial charge in [0.15, 0.2) is 0 Å². The number of rotatable bonds is 8. The number of hydrogen-bond acceptors (Lipinski definition) is 4. The Morgan fingerprint density at radius 3 is 2.27 bits per heavy atom. The fourth-order valence-corrected chi connectivity index (χ4v) is 3.10. The molecule has 0 heterocycles. The van der Waals surface area contributed by atoms with Crippen LogP contribution in [0, 0.1) is 13.8 Å². The van der Waals surface area contributed by atoms with Gasteiger partial charge in [-0.3, -0.25) is 9.59 Å². The molecule has 0 aliphatic carbocycles. The Morgan fingerprint density at radius 2 is 1.65 bits per heavy atom. The second-order valence-electron chi connectivity index (χ2n) is 5.78. The summed E-state index contributed by atoms with van der Waals surface area (Å²) in [4.78, 5) is 25.0. The van der Waals surface area contributed by atoms with Crippen molar-refractivity contribution in [2.24, 2.45) is 0 Å². The van der Waals surface area contributed by atoms with Crippen molar-refractivity contribution in [1.82, 2.24) is 5.32 Å². The van der Waals surface area contributed by atoms with E-state index < -0.39 is 0 Å². The van der Waals surface area contributed by atoms with Crippen molar-refractivity contribution in [2.75, 3.05) is 24.2 Å². The van der Waals surface area contributed by atoms with E-state index >= 15 is 0 Å². The summed E-state index contributed by atoms with van der Waals surface area (Å²) in [5, 5.41) is 5.50. The van der Waals surface area contributed by atoms with Crippen molar-refractivity contribution in [3.8, 4) is 5.75 Å². The molecule has 2 aromatic rings. The van der Waals surface area contributed by atoms with Crippen LogP contribution in [0.4, 0.5) is 5.69 Å². The van der Waals surface area contributed by atoms with Crippen molar-refractivity contribution in [3.05, 3.63) is 53.6 Å². The average molecular weight is 372 g/mol. The van der Waals surface area contributed by atoms with Crippen molar-refractivity contribution >= 4 is 29.3 Å². The summed E-state index contributed by atoms with van der Waals surface area (Å²) in [6.45, 7) is 6.39. The van der Waals surface area contributed by atoms with E-state index in [9.17, 15) is 9.59 Å². The molecule has 0 aliphatic rings. The van der Waals surface area contributed by atoms with Gasteiger partial charge in [-0.15, -0.1) is 11.8 Å². The Bertz CT molecular complexity index is 740. The number of thioether (sulfide) groups is 1. The van der Waals surface area contributed by atoms with Gasteiger partial charge in [0.25, 0.3) is 0 Å². The molecule has 0 saturated carbocycles. The lowest BCUT2D eigenvalue weighted by Crippen LogP contribution is -2.34. The maximum absolute atomic E-state index is 12.0. The molecule has 2 amide bonds. The van der Waals surface area contributed by atoms with Gasteiger partial charge < -0.3 is 15.4 Å². The van der Waals surface area contributed by atoms with Crippen LogP contribution in [-0.4, -0.2) is 30.7 Å². The molecule has 0 radical (unpaired) electrons. The van der Waals surface area contributed by atoms with E-state index in [4.69, 9.17) is 4.74 Å². The zero-order valence-corrected chi connectivity index (χ0v) is 16.1. The van der Waals surface area contributed by atoms with Gasteiger partial charge in [0.05, 0.1) is 18.9 Å². The molecule has 0 unspecified atom stereocenters. The zero-order valence-electron chi connectivity index (χ0n) is 15.3. The van der Waals surface area contributed by atoms with Gasteiger partial charge in [0.2, 0.25) is 11.8 Å². The van der Waals surface area contributed by atoms with Crippen LogP contribution in [-0.2, 0) is 9.59 Å². The minimum absolute atomic E-state index is 0.0452. The van der Waals surface area contributed by atoms with Gasteiger partial charge in [0, 0.05) is 10.6 Å². The molecule has 2 aromatic carbocycles. The van der Waals surface area contributed by atoms with Crippen LogP contribution in [0.15, 0.2) is 47.4 Å². The molecule has 0 aromatic heterocycles. The third kappa shape index (κ3) is 6.11. The highest BCUT2D eigenvalue weighted by molar-refractivity contribution is 8.00. The van der Waals surface area contributed by atoms with Crippen LogP contribution in [0.5, 0.6) is 5.75 Å². The molecule has 26 heavy (non-hydrogen) atoms. The summed E-state index contributed by atoms with van der Waals surface area (Å²) < 4.78 is 5.38. The molecule has 0 spiro atoms. The lowest BCUT2D eigenvalue weighted by Gasteiger charge is -2.12. The maximum atomic E-state index is 12.0. The fourth-order valence-electron chi connectivity index (χ4n) is 2.37. The van der Waals surface area contributed by atoms with Crippen LogP contribution in [0.2, 0.25) is 0 Å². The largest absolute Gasteiger partial charge is 0.494 e. The molecule has 5 nitrogen and oxygen atoms in total. The highest BCUT2D eigenvalue weighted by atomic mass is 32.2. The van der Waals surface area contributed by atoms with E-state index in [2.05, 4.69) is 10.6 Å². The standard InChI is InChI=1S/C20H24N2O3S/c1-4-25-16-8-10-17(11-9-16)26-13-19(24)21-12-18(23)22-20-14(2)6-5-7-15(20)3/h5-11H,4,12-13H2,1-3H3,(H,21,24)(H,22,23). The van der Waals surface area contributed by atoms with E-state index in [1.165, 1.54) is 11.8 Å². The van der Waals surface area contributed by atoms with Crippen molar-refractivity contribution < 1.29 is 14.3 Å². The smallest absolute Gasteiger partial charge is 0.243 e. The quantitative estimate of drug-likeness (QED) is 0.696. The average Bonchev–Trinajstić information content (AvgIpc) is 2.63. The SMILES string of the molecule is CCOc1ccc(SCC(=O)NCC(=O)Nc2c(C)cccc2C)cc1. The third-order valence-electron chi connectivity index (χ3n) is 3.70. The first kappa shape index (κ1) is 19.8. The lowest BCUT2D eigenvalue weighted by molar-refractivity contribution is -0.122. The molecule has 2 N–H and O–H groups in total. The van der Waals surface area contributed by atoms with Crippen molar-refractivity contribution in [1.29, 1.82) is 0 Å². The second kappa shape index (κ2) is 9.87. The van der Waals surface area contributed by atoms with E-state index in [-0.39, 0.29) is 24.1 Å². The Labute approximate surface area is 158 Å². The number of carbonyl (C=O) groups excluding carboxylic acids is 2. The van der Waals surface area contributed by atoms with Gasteiger partial charge in [-0.25, -0.2) is 0 Å². The molecule has 0 saturated heterocycles. The van der Waals surface area contributed by atoms with Crippen LogP contribution < -0.4 is 15.4 Å². The lowest BCUT2D eigenvalue weighted by atomic mass is 10.1. The van der Waals surface area contributed by atoms with Gasteiger partial charge in [-0.05, 0) is 56.2 Å². The predicted molar refractivity (Wildman–Crippen MR) is 106 cm³/mol. The number of para-hydroxylation sites is 1. The predicted octanol–water partition coefficient (Wildman–Crippen LogP) is 3.55. The van der Waals surface area contributed by atoms with Crippen LogP contribution in [0.25, 0.3) is 0 Å². The van der Waals surface area contributed by atoms with Crippen LogP contribution in [0.1, 0.15) is 18.1 Å². The Hall–Kier alpha value is -2.47. The van der Waals surface area contributed by atoms with Crippen LogP contribution >= 0.6 is 11.8 Å². The minimum Gasteiger partial charge on any atom is -0.494 e. The Balaban J connectivity index is 1.75. The fraction of sp³-hybridized carbons (Fsp3) is 0.300. The third-order valence-corrected chi connectivity index (χ3v) is 4.71. The minimum atomic E-state index is -0.234. The molecular weight excluding hydrogens is 348 g/mol. The topological polar surface area (TPSA) is 67.4 Å². The Kier molecular flexibility index (Phi) is 7.53. The van der Waals surface area contributed by atoms with Gasteiger partial charge >= 0.3 is 0 Å². The van der Waals surface area contributed by atoms with E-state index in [1.807, 2.05) is 63.2 Å². The first-order valence-corrected chi connectivity index (χ1v) is 9.46. The molecule has 0 fully saturated rings. The number of ether oxygens (including phenoxy) is 1. The molecule has 138 valence electrons. The highest BCUT2D eigenvalue weighted by Gasteiger charge is 2.09. The molecule has 0 atom stereocenters. The number of carbonyl (C=O) groups is 2. The number of nitrogens with one attached hydrogen (secondary N) is 2. The molecule has 2 rings (SSSR count). The second-order valence-corrected chi connectivity index (χ2v) is 6.83. The molecule has 0 aliphatic heterocycles. The number of amides is 2. The Morgan fingerprint density at radius 1 is 1.00 bits per heavy atom. The first-order chi connectivity index (χ1) is 12.5. The van der Waals surface area contributed by atoms with Gasteiger partial charge in [-0.1, -0.05) is 18.2 Å². The normalized spacial score (nSPS) is 10.3. The van der Waals surface area contributed by atoms with Crippen LogP contribution in [0.3, 0.4) is 0 Å². The maximum Gasteiger partial charge on any atom is 0.243 e. The van der Waals surface area contributed by atoms with E-state index in [1.54, 1.807) is 0 Å². The molecular formula is C20H24N2O3S. The van der Waals surface area contributed by atoms with Crippen molar-refractivity contribution in [3.63, 3.8) is 0 Å². The number of anilines is 1. The van der Waals surface area contributed by atoms with Gasteiger partial charge in [0.1, 0.15) is 5.75 Å². The first-order valence-electron chi connectivity index (χ1n) is 8.48. The molecule has 0 bridgehead atoms. The summed E-state index contributed by atoms with van der Waals surface area (Å²) >= 11 is 1.42. The highest BCUT2D eigenvalue weighted by Crippen LogP contribution is 2.21. The van der Waals surface area contributed by atoms with E-state index in [0.29, 0.717) is 6.61 Å². The number of hydrogen-bond donors (Lipinski definition) is 2. The summed E-state index contributed by atoms with van der Waals surface area (Å²) in [5.74, 6) is 0.650. The monoisotopic (exact) mass is 372 g/mol. The van der Waals surface area contributed by atoms with E-state index in [0.717, 1.165) is 27.5 Å². The summed E-state index contributed by atoms with van der Waals surface area (Å²) in [6.07, 6.45) is 0. The number of benzene rings is 2. The zero-order chi connectivity index (χ0) is 18.9. The van der Waals surface area contributed by atoms with Crippen molar-refractivity contribution in [2.45, 2.75) is 25.7 Å². The van der Waals surface area contributed by atoms with Gasteiger partial charge in [-0.2, -0.15) is 0 Å². The molecule has 6 heteroatoms. The number of aryl methyl sites for hydroxylation is 2. The summed E-state index contributed by atoms with van der Waals surface area (Å²) in [6, 6.07) is 13.4. The summed E-state index contributed by atoms with van der Waals surface area (Å²) in [5.41, 5.74) is 2.79. The summed E-state index contributed by atoms with van der Waals surface area (Å²) in [7, 11) is 0.